The Bertz CT molecular complexity index is 1130. The Morgan fingerprint density at radius 1 is 0.964 bits per heavy atom. The average Bonchev–Trinajstić information content (AvgIpc) is 3.09. The number of carbonyl (C=O) groups excluding carboxylic acids is 1. The van der Waals surface area contributed by atoms with Crippen LogP contribution in [-0.2, 0) is 5.41 Å². The standard InChI is InChI=1S/C22H21N5O/c1-22(2,3)18-6-4-16(12-24-18)21(28)26-19-14-27-13-17(5-7-20(27)25-19)15-8-10-23-11-9-15/h4-14H,1-3H3,(H,26,28). The zero-order valence-corrected chi connectivity index (χ0v) is 16.0. The van der Waals surface area contributed by atoms with Crippen LogP contribution in [0.25, 0.3) is 16.8 Å². The van der Waals surface area contributed by atoms with Crippen LogP contribution in [0, 0.1) is 0 Å². The first-order valence-corrected chi connectivity index (χ1v) is 9.07. The first-order chi connectivity index (χ1) is 13.4. The van der Waals surface area contributed by atoms with Crippen molar-refractivity contribution in [2.75, 3.05) is 5.32 Å². The number of nitrogens with one attached hydrogen (secondary N) is 1. The Hall–Kier alpha value is -3.54. The van der Waals surface area contributed by atoms with E-state index in [0.717, 1.165) is 22.5 Å². The molecule has 140 valence electrons. The zero-order valence-electron chi connectivity index (χ0n) is 16.0. The molecule has 0 saturated carbocycles. The molecule has 0 atom stereocenters. The molecule has 0 bridgehead atoms. The quantitative estimate of drug-likeness (QED) is 0.581. The number of amides is 1. The average molecular weight is 371 g/mol. The minimum absolute atomic E-state index is 0.0525. The Balaban J connectivity index is 1.55. The summed E-state index contributed by atoms with van der Waals surface area (Å²) in [4.78, 5) is 25.5. The predicted octanol–water partition coefficient (Wildman–Crippen LogP) is 4.34. The van der Waals surface area contributed by atoms with E-state index < -0.39 is 0 Å². The number of nitrogens with zero attached hydrogens (tertiary/aromatic N) is 4. The van der Waals surface area contributed by atoms with E-state index in [0.29, 0.717) is 11.4 Å². The molecule has 0 spiro atoms. The Morgan fingerprint density at radius 2 is 1.75 bits per heavy atom. The van der Waals surface area contributed by atoms with Gasteiger partial charge in [0, 0.05) is 35.9 Å². The largest absolute Gasteiger partial charge is 0.305 e. The normalized spacial score (nSPS) is 11.5. The molecule has 0 fully saturated rings. The fraction of sp³-hybridized carbons (Fsp3) is 0.182. The van der Waals surface area contributed by atoms with Gasteiger partial charge in [-0.15, -0.1) is 0 Å². The Morgan fingerprint density at radius 3 is 2.43 bits per heavy atom. The van der Waals surface area contributed by atoms with Crippen LogP contribution >= 0.6 is 0 Å². The summed E-state index contributed by atoms with van der Waals surface area (Å²) < 4.78 is 1.90. The molecule has 0 aliphatic carbocycles. The van der Waals surface area contributed by atoms with Gasteiger partial charge >= 0.3 is 0 Å². The number of anilines is 1. The van der Waals surface area contributed by atoms with Crippen molar-refractivity contribution < 1.29 is 4.79 Å². The number of carbonyl (C=O) groups is 1. The van der Waals surface area contributed by atoms with Gasteiger partial charge in [-0.05, 0) is 47.5 Å². The third-order valence-electron chi connectivity index (χ3n) is 4.50. The summed E-state index contributed by atoms with van der Waals surface area (Å²) in [5, 5.41) is 2.84. The molecular weight excluding hydrogens is 350 g/mol. The monoisotopic (exact) mass is 371 g/mol. The van der Waals surface area contributed by atoms with E-state index in [4.69, 9.17) is 0 Å². The molecule has 6 heteroatoms. The molecule has 0 unspecified atom stereocenters. The van der Waals surface area contributed by atoms with Crippen molar-refractivity contribution in [1.29, 1.82) is 0 Å². The molecule has 0 aromatic carbocycles. The van der Waals surface area contributed by atoms with Crippen LogP contribution < -0.4 is 5.32 Å². The number of hydrogen-bond acceptors (Lipinski definition) is 4. The fourth-order valence-corrected chi connectivity index (χ4v) is 2.93. The highest BCUT2D eigenvalue weighted by atomic mass is 16.1. The summed E-state index contributed by atoms with van der Waals surface area (Å²) in [7, 11) is 0. The van der Waals surface area contributed by atoms with Crippen molar-refractivity contribution in [3.05, 3.63) is 78.6 Å². The van der Waals surface area contributed by atoms with Gasteiger partial charge in [0.1, 0.15) is 5.65 Å². The van der Waals surface area contributed by atoms with E-state index in [1.807, 2.05) is 40.9 Å². The molecule has 1 N–H and O–H groups in total. The SMILES string of the molecule is CC(C)(C)c1ccc(C(=O)Nc2cn3cc(-c4ccncc4)ccc3n2)cn1. The van der Waals surface area contributed by atoms with E-state index in [2.05, 4.69) is 41.0 Å². The van der Waals surface area contributed by atoms with Crippen molar-refractivity contribution in [2.24, 2.45) is 0 Å². The van der Waals surface area contributed by atoms with E-state index >= 15 is 0 Å². The third kappa shape index (κ3) is 3.62. The van der Waals surface area contributed by atoms with Gasteiger partial charge in [0.2, 0.25) is 0 Å². The second-order valence-electron chi connectivity index (χ2n) is 7.68. The van der Waals surface area contributed by atoms with E-state index in [-0.39, 0.29) is 11.3 Å². The van der Waals surface area contributed by atoms with Crippen LogP contribution in [-0.4, -0.2) is 25.3 Å². The lowest BCUT2D eigenvalue weighted by Crippen LogP contribution is -2.16. The first kappa shape index (κ1) is 17.9. The first-order valence-electron chi connectivity index (χ1n) is 9.07. The predicted molar refractivity (Wildman–Crippen MR) is 109 cm³/mol. The molecule has 4 aromatic heterocycles. The molecule has 0 radical (unpaired) electrons. The molecule has 0 aliphatic rings. The Labute approximate surface area is 163 Å². The third-order valence-corrected chi connectivity index (χ3v) is 4.50. The summed E-state index contributed by atoms with van der Waals surface area (Å²) in [6.45, 7) is 6.27. The van der Waals surface area contributed by atoms with Crippen molar-refractivity contribution in [3.63, 3.8) is 0 Å². The van der Waals surface area contributed by atoms with E-state index in [1.165, 1.54) is 0 Å². The van der Waals surface area contributed by atoms with Crippen molar-refractivity contribution in [3.8, 4) is 11.1 Å². The smallest absolute Gasteiger partial charge is 0.258 e. The van der Waals surface area contributed by atoms with Crippen molar-refractivity contribution in [2.45, 2.75) is 26.2 Å². The maximum atomic E-state index is 12.5. The number of imidazole rings is 1. The van der Waals surface area contributed by atoms with Gasteiger partial charge < -0.3 is 9.72 Å². The highest BCUT2D eigenvalue weighted by Gasteiger charge is 2.16. The minimum Gasteiger partial charge on any atom is -0.305 e. The summed E-state index contributed by atoms with van der Waals surface area (Å²) in [6, 6.07) is 11.5. The summed E-state index contributed by atoms with van der Waals surface area (Å²) in [6.07, 6.45) is 8.91. The summed E-state index contributed by atoms with van der Waals surface area (Å²) in [5.41, 5.74) is 4.27. The number of fused-ring (bicyclic) bond motifs is 1. The maximum absolute atomic E-state index is 12.5. The number of aromatic nitrogens is 4. The lowest BCUT2D eigenvalue weighted by molar-refractivity contribution is 0.102. The molecule has 4 aromatic rings. The number of pyridine rings is 3. The van der Waals surface area contributed by atoms with Crippen LogP contribution in [0.1, 0.15) is 36.8 Å². The zero-order chi connectivity index (χ0) is 19.7. The molecule has 1 amide bonds. The number of hydrogen-bond donors (Lipinski definition) is 1. The van der Waals surface area contributed by atoms with E-state index in [1.54, 1.807) is 30.9 Å². The van der Waals surface area contributed by atoms with Gasteiger partial charge in [-0.3, -0.25) is 14.8 Å². The van der Waals surface area contributed by atoms with Gasteiger partial charge in [-0.2, -0.15) is 0 Å². The lowest BCUT2D eigenvalue weighted by Gasteiger charge is -2.17. The second kappa shape index (κ2) is 6.88. The van der Waals surface area contributed by atoms with Crippen LogP contribution in [0.3, 0.4) is 0 Å². The fourth-order valence-electron chi connectivity index (χ4n) is 2.93. The molecule has 0 aliphatic heterocycles. The highest BCUT2D eigenvalue weighted by Crippen LogP contribution is 2.21. The molecular formula is C22H21N5O. The van der Waals surface area contributed by atoms with Crippen LogP contribution in [0.5, 0.6) is 0 Å². The van der Waals surface area contributed by atoms with Gasteiger partial charge in [-0.25, -0.2) is 4.98 Å². The van der Waals surface area contributed by atoms with Gasteiger partial charge in [0.05, 0.1) is 11.8 Å². The van der Waals surface area contributed by atoms with Gasteiger partial charge in [0.25, 0.3) is 5.91 Å². The van der Waals surface area contributed by atoms with Crippen molar-refractivity contribution in [1.82, 2.24) is 19.4 Å². The lowest BCUT2D eigenvalue weighted by atomic mass is 9.91. The van der Waals surface area contributed by atoms with Crippen LogP contribution in [0.4, 0.5) is 5.82 Å². The van der Waals surface area contributed by atoms with Gasteiger partial charge in [0.15, 0.2) is 5.82 Å². The number of rotatable bonds is 3. The Kier molecular flexibility index (Phi) is 4.39. The van der Waals surface area contributed by atoms with Crippen molar-refractivity contribution >= 4 is 17.4 Å². The summed E-state index contributed by atoms with van der Waals surface area (Å²) >= 11 is 0. The molecule has 28 heavy (non-hydrogen) atoms. The van der Waals surface area contributed by atoms with Gasteiger partial charge in [-0.1, -0.05) is 20.8 Å². The highest BCUT2D eigenvalue weighted by molar-refractivity contribution is 6.03. The molecule has 4 heterocycles. The maximum Gasteiger partial charge on any atom is 0.258 e. The van der Waals surface area contributed by atoms with E-state index in [9.17, 15) is 4.79 Å². The summed E-state index contributed by atoms with van der Waals surface area (Å²) in [5.74, 6) is 0.266. The minimum atomic E-state index is -0.231. The molecule has 4 rings (SSSR count). The molecule has 0 saturated heterocycles. The van der Waals surface area contributed by atoms with Crippen LogP contribution in [0.2, 0.25) is 0 Å². The second-order valence-corrected chi connectivity index (χ2v) is 7.68. The molecule has 6 nitrogen and oxygen atoms in total. The van der Waals surface area contributed by atoms with Crippen LogP contribution in [0.15, 0.2) is 67.4 Å². The topological polar surface area (TPSA) is 72.2 Å².